The smallest absolute Gasteiger partial charge is 0.231 e. The zero-order valence-corrected chi connectivity index (χ0v) is 11.6. The number of rotatable bonds is 6. The molecule has 2 heterocycles. The fourth-order valence-corrected chi connectivity index (χ4v) is 2.29. The Morgan fingerprint density at radius 3 is 3.10 bits per heavy atom. The number of hydrogen-bond donors (Lipinski definition) is 1. The van der Waals surface area contributed by atoms with E-state index in [1.807, 2.05) is 35.3 Å². The van der Waals surface area contributed by atoms with Crippen LogP contribution in [0.1, 0.15) is 24.9 Å². The summed E-state index contributed by atoms with van der Waals surface area (Å²) in [4.78, 5) is 0. The molecule has 1 aliphatic heterocycles. The maximum Gasteiger partial charge on any atom is 0.231 e. The lowest BCUT2D eigenvalue weighted by Crippen LogP contribution is -2.21. The second-order valence-corrected chi connectivity index (χ2v) is 4.91. The standard InChI is InChI=1S/C15H19N3O2/c1-12(16-6-2-8-18-9-3-7-17-18)13-4-5-14-15(10-13)20-11-19-14/h3-5,7,9-10,12,16H,2,6,8,11H2,1H3/t12-/m1/s1. The predicted octanol–water partition coefficient (Wildman–Crippen LogP) is 2.35. The van der Waals surface area contributed by atoms with Gasteiger partial charge in [0.25, 0.3) is 0 Å². The Morgan fingerprint density at radius 2 is 2.25 bits per heavy atom. The minimum absolute atomic E-state index is 0.294. The normalized spacial score (nSPS) is 14.4. The Labute approximate surface area is 118 Å². The average Bonchev–Trinajstić information content (AvgIpc) is 3.13. The fraction of sp³-hybridized carbons (Fsp3) is 0.400. The predicted molar refractivity (Wildman–Crippen MR) is 75.8 cm³/mol. The van der Waals surface area contributed by atoms with E-state index < -0.39 is 0 Å². The Bertz CT molecular complexity index is 554. The van der Waals surface area contributed by atoms with Gasteiger partial charge in [-0.3, -0.25) is 4.68 Å². The first kappa shape index (κ1) is 13.0. The van der Waals surface area contributed by atoms with Crippen LogP contribution in [0.4, 0.5) is 0 Å². The second kappa shape index (κ2) is 5.96. The van der Waals surface area contributed by atoms with E-state index in [1.165, 1.54) is 5.56 Å². The summed E-state index contributed by atoms with van der Waals surface area (Å²) in [5.41, 5.74) is 1.22. The topological polar surface area (TPSA) is 48.3 Å². The van der Waals surface area contributed by atoms with Crippen LogP contribution in [0.5, 0.6) is 11.5 Å². The van der Waals surface area contributed by atoms with E-state index in [1.54, 1.807) is 0 Å². The largest absolute Gasteiger partial charge is 0.454 e. The second-order valence-electron chi connectivity index (χ2n) is 4.91. The summed E-state index contributed by atoms with van der Waals surface area (Å²) in [6, 6.07) is 8.34. The maximum atomic E-state index is 5.40. The third-order valence-corrected chi connectivity index (χ3v) is 3.47. The van der Waals surface area contributed by atoms with Gasteiger partial charge in [0.15, 0.2) is 11.5 Å². The first-order valence-electron chi connectivity index (χ1n) is 6.93. The van der Waals surface area contributed by atoms with Crippen molar-refractivity contribution in [3.05, 3.63) is 42.2 Å². The molecule has 0 saturated heterocycles. The van der Waals surface area contributed by atoms with Gasteiger partial charge in [0.2, 0.25) is 6.79 Å². The lowest BCUT2D eigenvalue weighted by molar-refractivity contribution is 0.174. The molecule has 1 aromatic heterocycles. The van der Waals surface area contributed by atoms with Gasteiger partial charge in [-0.05, 0) is 43.7 Å². The van der Waals surface area contributed by atoms with Gasteiger partial charge in [-0.15, -0.1) is 0 Å². The van der Waals surface area contributed by atoms with Gasteiger partial charge >= 0.3 is 0 Å². The van der Waals surface area contributed by atoms with Crippen molar-refractivity contribution < 1.29 is 9.47 Å². The van der Waals surface area contributed by atoms with Crippen LogP contribution in [-0.2, 0) is 6.54 Å². The van der Waals surface area contributed by atoms with E-state index in [-0.39, 0.29) is 0 Å². The fourth-order valence-electron chi connectivity index (χ4n) is 2.29. The third kappa shape index (κ3) is 2.93. The Hall–Kier alpha value is -2.01. The lowest BCUT2D eigenvalue weighted by Gasteiger charge is -2.14. The molecule has 0 amide bonds. The van der Waals surface area contributed by atoms with Crippen molar-refractivity contribution in [2.24, 2.45) is 0 Å². The zero-order chi connectivity index (χ0) is 13.8. The summed E-state index contributed by atoms with van der Waals surface area (Å²) >= 11 is 0. The van der Waals surface area contributed by atoms with Gasteiger partial charge in [-0.25, -0.2) is 0 Å². The van der Waals surface area contributed by atoms with Crippen molar-refractivity contribution in [2.45, 2.75) is 25.9 Å². The van der Waals surface area contributed by atoms with E-state index in [0.29, 0.717) is 12.8 Å². The minimum atomic E-state index is 0.294. The molecule has 1 N–H and O–H groups in total. The van der Waals surface area contributed by atoms with E-state index in [0.717, 1.165) is 31.0 Å². The summed E-state index contributed by atoms with van der Waals surface area (Å²) < 4.78 is 12.7. The Kier molecular flexibility index (Phi) is 3.87. The third-order valence-electron chi connectivity index (χ3n) is 3.47. The molecule has 0 fully saturated rings. The van der Waals surface area contributed by atoms with Gasteiger partial charge in [-0.2, -0.15) is 5.10 Å². The SMILES string of the molecule is C[C@@H](NCCCn1cccn1)c1ccc2c(c1)OCO2. The molecular formula is C15H19N3O2. The summed E-state index contributed by atoms with van der Waals surface area (Å²) in [5, 5.41) is 7.70. The number of nitrogens with zero attached hydrogens (tertiary/aromatic N) is 2. The molecular weight excluding hydrogens is 254 g/mol. The Balaban J connectivity index is 1.48. The van der Waals surface area contributed by atoms with E-state index in [9.17, 15) is 0 Å². The minimum Gasteiger partial charge on any atom is -0.454 e. The first-order chi connectivity index (χ1) is 9.83. The molecule has 5 heteroatoms. The number of benzene rings is 1. The monoisotopic (exact) mass is 273 g/mol. The van der Waals surface area contributed by atoms with Gasteiger partial charge in [0, 0.05) is 25.0 Å². The van der Waals surface area contributed by atoms with Crippen LogP contribution in [0.25, 0.3) is 0 Å². The Morgan fingerprint density at radius 1 is 1.35 bits per heavy atom. The summed E-state index contributed by atoms with van der Waals surface area (Å²) in [6.45, 7) is 4.37. The van der Waals surface area contributed by atoms with Crippen molar-refractivity contribution >= 4 is 0 Å². The highest BCUT2D eigenvalue weighted by Gasteiger charge is 2.15. The van der Waals surface area contributed by atoms with Crippen LogP contribution in [0, 0.1) is 0 Å². The molecule has 2 aromatic rings. The number of aryl methyl sites for hydroxylation is 1. The number of nitrogens with one attached hydrogen (secondary N) is 1. The highest BCUT2D eigenvalue weighted by Crippen LogP contribution is 2.34. The molecule has 1 aliphatic rings. The van der Waals surface area contributed by atoms with E-state index in [4.69, 9.17) is 9.47 Å². The van der Waals surface area contributed by atoms with E-state index in [2.05, 4.69) is 23.4 Å². The summed E-state index contributed by atoms with van der Waals surface area (Å²) in [5.74, 6) is 1.67. The summed E-state index contributed by atoms with van der Waals surface area (Å²) in [6.07, 6.45) is 4.85. The van der Waals surface area contributed by atoms with Crippen molar-refractivity contribution in [1.29, 1.82) is 0 Å². The van der Waals surface area contributed by atoms with Crippen molar-refractivity contribution in [2.75, 3.05) is 13.3 Å². The van der Waals surface area contributed by atoms with Crippen molar-refractivity contribution in [3.8, 4) is 11.5 Å². The maximum absolute atomic E-state index is 5.40. The van der Waals surface area contributed by atoms with Crippen LogP contribution < -0.4 is 14.8 Å². The van der Waals surface area contributed by atoms with Gasteiger partial charge < -0.3 is 14.8 Å². The molecule has 0 aliphatic carbocycles. The molecule has 106 valence electrons. The molecule has 1 aromatic carbocycles. The summed E-state index contributed by atoms with van der Waals surface area (Å²) in [7, 11) is 0. The number of ether oxygens (including phenoxy) is 2. The first-order valence-corrected chi connectivity index (χ1v) is 6.93. The highest BCUT2D eigenvalue weighted by atomic mass is 16.7. The highest BCUT2D eigenvalue weighted by molar-refractivity contribution is 5.45. The molecule has 3 rings (SSSR count). The van der Waals surface area contributed by atoms with Gasteiger partial charge in [-0.1, -0.05) is 6.07 Å². The zero-order valence-electron chi connectivity index (χ0n) is 11.6. The van der Waals surface area contributed by atoms with Crippen molar-refractivity contribution in [3.63, 3.8) is 0 Å². The van der Waals surface area contributed by atoms with Crippen LogP contribution in [0.15, 0.2) is 36.7 Å². The average molecular weight is 273 g/mol. The number of fused-ring (bicyclic) bond motifs is 1. The number of aromatic nitrogens is 2. The molecule has 0 bridgehead atoms. The number of hydrogen-bond acceptors (Lipinski definition) is 4. The van der Waals surface area contributed by atoms with E-state index >= 15 is 0 Å². The van der Waals surface area contributed by atoms with Gasteiger partial charge in [0.1, 0.15) is 0 Å². The van der Waals surface area contributed by atoms with Crippen LogP contribution in [-0.4, -0.2) is 23.1 Å². The van der Waals surface area contributed by atoms with Crippen LogP contribution in [0.3, 0.4) is 0 Å². The molecule has 0 saturated carbocycles. The quantitative estimate of drug-likeness (QED) is 0.821. The van der Waals surface area contributed by atoms with Gasteiger partial charge in [0.05, 0.1) is 0 Å². The molecule has 20 heavy (non-hydrogen) atoms. The lowest BCUT2D eigenvalue weighted by atomic mass is 10.1. The molecule has 0 radical (unpaired) electrons. The molecule has 1 atom stereocenters. The van der Waals surface area contributed by atoms with Crippen LogP contribution in [0.2, 0.25) is 0 Å². The van der Waals surface area contributed by atoms with Crippen LogP contribution >= 0.6 is 0 Å². The van der Waals surface area contributed by atoms with Crippen molar-refractivity contribution in [1.82, 2.24) is 15.1 Å². The molecule has 5 nitrogen and oxygen atoms in total. The molecule has 0 unspecified atom stereocenters. The molecule has 0 spiro atoms.